The van der Waals surface area contributed by atoms with Gasteiger partial charge < -0.3 is 15.4 Å². The zero-order valence-corrected chi connectivity index (χ0v) is 16.7. The summed E-state index contributed by atoms with van der Waals surface area (Å²) in [5, 5.41) is 8.93. The molecule has 0 bridgehead atoms. The Kier molecular flexibility index (Phi) is 4.89. The summed E-state index contributed by atoms with van der Waals surface area (Å²) in [6, 6.07) is 1.92. The van der Waals surface area contributed by atoms with E-state index in [-0.39, 0.29) is 51.6 Å². The van der Waals surface area contributed by atoms with Gasteiger partial charge in [0.05, 0.1) is 36.6 Å². The topological polar surface area (TPSA) is 93.4 Å². The number of fused-ring (bicyclic) bond motifs is 1. The van der Waals surface area contributed by atoms with Gasteiger partial charge in [-0.1, -0.05) is 23.2 Å². The van der Waals surface area contributed by atoms with E-state index in [2.05, 4.69) is 25.7 Å². The van der Waals surface area contributed by atoms with Crippen LogP contribution in [0.5, 0.6) is 5.88 Å². The van der Waals surface area contributed by atoms with Crippen LogP contribution in [-0.2, 0) is 5.41 Å². The molecule has 0 saturated heterocycles. The van der Waals surface area contributed by atoms with Crippen molar-refractivity contribution in [1.29, 1.82) is 0 Å². The van der Waals surface area contributed by atoms with Crippen molar-refractivity contribution < 1.29 is 22.7 Å². The van der Waals surface area contributed by atoms with Crippen LogP contribution in [0, 0.1) is 0 Å². The fourth-order valence-electron chi connectivity index (χ4n) is 3.17. The van der Waals surface area contributed by atoms with Gasteiger partial charge in [0.2, 0.25) is 5.88 Å². The van der Waals surface area contributed by atoms with E-state index in [0.717, 1.165) is 10.7 Å². The van der Waals surface area contributed by atoms with Crippen molar-refractivity contribution in [2.75, 3.05) is 17.7 Å². The van der Waals surface area contributed by atoms with Crippen LogP contribution in [0.2, 0.25) is 10.2 Å². The molecule has 0 aromatic carbocycles. The largest absolute Gasteiger partial charge is 0.480 e. The smallest absolute Gasteiger partial charge is 0.400 e. The minimum atomic E-state index is -4.54. The third kappa shape index (κ3) is 3.47. The number of methoxy groups -OCH3 is 1. The summed E-state index contributed by atoms with van der Waals surface area (Å²) in [6.07, 6.45) is -2.38. The van der Waals surface area contributed by atoms with E-state index < -0.39 is 17.6 Å². The Hall–Kier alpha value is -2.79. The summed E-state index contributed by atoms with van der Waals surface area (Å²) in [6.45, 7) is 0. The molecule has 2 amide bonds. The zero-order chi connectivity index (χ0) is 21.7. The summed E-state index contributed by atoms with van der Waals surface area (Å²) >= 11 is 11.8. The second kappa shape index (κ2) is 7.17. The van der Waals surface area contributed by atoms with Crippen molar-refractivity contribution in [3.05, 3.63) is 40.4 Å². The summed E-state index contributed by atoms with van der Waals surface area (Å²) in [7, 11) is 1.38. The molecule has 8 nitrogen and oxygen atoms in total. The number of nitrogens with zero attached hydrogens (tertiary/aromatic N) is 4. The molecule has 1 saturated carbocycles. The van der Waals surface area contributed by atoms with Crippen LogP contribution in [0.4, 0.5) is 29.3 Å². The highest BCUT2D eigenvalue weighted by Gasteiger charge is 2.66. The van der Waals surface area contributed by atoms with Gasteiger partial charge in [0.1, 0.15) is 10.4 Å². The monoisotopic (exact) mass is 460 g/mol. The highest BCUT2D eigenvalue weighted by molar-refractivity contribution is 6.32. The van der Waals surface area contributed by atoms with E-state index in [4.69, 9.17) is 27.9 Å². The zero-order valence-electron chi connectivity index (χ0n) is 15.2. The van der Waals surface area contributed by atoms with Gasteiger partial charge in [-0.15, -0.1) is 0 Å². The van der Waals surface area contributed by atoms with Crippen LogP contribution in [0.3, 0.4) is 0 Å². The quantitative estimate of drug-likeness (QED) is 0.589. The van der Waals surface area contributed by atoms with Crippen molar-refractivity contribution in [3.8, 4) is 5.88 Å². The van der Waals surface area contributed by atoms with Crippen molar-refractivity contribution in [1.82, 2.24) is 19.6 Å². The number of nitrogens with one attached hydrogen (secondary N) is 2. The Morgan fingerprint density at radius 1 is 1.20 bits per heavy atom. The lowest BCUT2D eigenvalue weighted by Crippen LogP contribution is -2.33. The van der Waals surface area contributed by atoms with Crippen LogP contribution in [0.1, 0.15) is 18.5 Å². The molecular weight excluding hydrogens is 448 g/mol. The standard InChI is InChI=1S/C17H13Cl2F3N6O2/c1-30-14-9(18)4-8(6-24-14)25-15(29)26-10-7-23-12-5-11(19)27-28(12)13(10)16(2-3-16)17(20,21)22/h4-7H,2-3H2,1H3,(H2,25,26,29). The predicted octanol–water partition coefficient (Wildman–Crippen LogP) is 4.68. The molecule has 0 unspecified atom stereocenters. The molecule has 2 N–H and O–H groups in total. The third-order valence-corrected chi connectivity index (χ3v) is 5.16. The van der Waals surface area contributed by atoms with Gasteiger partial charge in [-0.25, -0.2) is 19.3 Å². The van der Waals surface area contributed by atoms with Gasteiger partial charge in [-0.2, -0.15) is 18.3 Å². The van der Waals surface area contributed by atoms with E-state index in [1.54, 1.807) is 0 Å². The average Bonchev–Trinajstić information content (AvgIpc) is 3.37. The van der Waals surface area contributed by atoms with Gasteiger partial charge in [-0.05, 0) is 18.9 Å². The van der Waals surface area contributed by atoms with Gasteiger partial charge in [-0.3, -0.25) is 0 Å². The number of carbonyl (C=O) groups is 1. The molecule has 0 radical (unpaired) electrons. The van der Waals surface area contributed by atoms with Crippen molar-refractivity contribution in [3.63, 3.8) is 0 Å². The first kappa shape index (κ1) is 20.5. The van der Waals surface area contributed by atoms with Crippen LogP contribution < -0.4 is 15.4 Å². The van der Waals surface area contributed by atoms with Gasteiger partial charge in [0.25, 0.3) is 0 Å². The molecule has 0 spiro atoms. The molecule has 1 fully saturated rings. The number of halogens is 5. The number of aromatic nitrogens is 4. The molecule has 0 aliphatic heterocycles. The lowest BCUT2D eigenvalue weighted by Gasteiger charge is -2.23. The Labute approximate surface area is 177 Å². The summed E-state index contributed by atoms with van der Waals surface area (Å²) in [4.78, 5) is 20.4. The maximum atomic E-state index is 13.8. The number of alkyl halides is 3. The Morgan fingerprint density at radius 2 is 1.93 bits per heavy atom. The number of rotatable bonds is 4. The van der Waals surface area contributed by atoms with E-state index in [9.17, 15) is 18.0 Å². The number of anilines is 2. The molecule has 1 aliphatic carbocycles. The molecule has 158 valence electrons. The lowest BCUT2D eigenvalue weighted by atomic mass is 10.00. The first-order valence-electron chi connectivity index (χ1n) is 8.53. The molecular formula is C17H13Cl2F3N6O2. The summed E-state index contributed by atoms with van der Waals surface area (Å²) < 4.78 is 47.5. The lowest BCUT2D eigenvalue weighted by molar-refractivity contribution is -0.161. The number of urea groups is 1. The predicted molar refractivity (Wildman–Crippen MR) is 103 cm³/mol. The second-order valence-corrected chi connectivity index (χ2v) is 7.43. The van der Waals surface area contributed by atoms with Crippen molar-refractivity contribution in [2.45, 2.75) is 24.4 Å². The normalized spacial score (nSPS) is 15.1. The SMILES string of the molecule is COc1ncc(NC(=O)Nc2cnc3cc(Cl)nn3c2C2(C(F)(F)F)CC2)cc1Cl. The number of hydrogen-bond donors (Lipinski definition) is 2. The summed E-state index contributed by atoms with van der Waals surface area (Å²) in [5.74, 6) is 0.163. The number of ether oxygens (including phenoxy) is 1. The van der Waals surface area contributed by atoms with Gasteiger partial charge >= 0.3 is 12.2 Å². The minimum Gasteiger partial charge on any atom is -0.480 e. The van der Waals surface area contributed by atoms with Crippen LogP contribution >= 0.6 is 23.2 Å². The van der Waals surface area contributed by atoms with Crippen molar-refractivity contribution in [2.24, 2.45) is 0 Å². The van der Waals surface area contributed by atoms with E-state index >= 15 is 0 Å². The van der Waals surface area contributed by atoms with Crippen molar-refractivity contribution >= 4 is 46.3 Å². The van der Waals surface area contributed by atoms with Crippen LogP contribution in [0.25, 0.3) is 5.65 Å². The maximum Gasteiger partial charge on any atom is 0.400 e. The van der Waals surface area contributed by atoms with Gasteiger partial charge in [0.15, 0.2) is 10.8 Å². The Bertz CT molecular complexity index is 1150. The molecule has 0 atom stereocenters. The molecule has 30 heavy (non-hydrogen) atoms. The fourth-order valence-corrected chi connectivity index (χ4v) is 3.58. The number of amides is 2. The highest BCUT2D eigenvalue weighted by Crippen LogP contribution is 2.60. The molecule has 13 heteroatoms. The minimum absolute atomic E-state index is 0.0118. The summed E-state index contributed by atoms with van der Waals surface area (Å²) in [5.41, 5.74) is -2.15. The van der Waals surface area contributed by atoms with E-state index in [1.165, 1.54) is 25.4 Å². The molecule has 3 aromatic rings. The first-order valence-corrected chi connectivity index (χ1v) is 9.29. The Morgan fingerprint density at radius 3 is 2.53 bits per heavy atom. The number of carbonyl (C=O) groups excluding carboxylic acids is 1. The fraction of sp³-hybridized carbons (Fsp3) is 0.294. The van der Waals surface area contributed by atoms with Crippen LogP contribution in [0.15, 0.2) is 24.5 Å². The average molecular weight is 461 g/mol. The molecule has 1 aliphatic rings. The molecule has 3 aromatic heterocycles. The first-order chi connectivity index (χ1) is 14.1. The third-order valence-electron chi connectivity index (χ3n) is 4.71. The van der Waals surface area contributed by atoms with Gasteiger partial charge in [0, 0.05) is 6.07 Å². The highest BCUT2D eigenvalue weighted by atomic mass is 35.5. The van der Waals surface area contributed by atoms with E-state index in [0.29, 0.717) is 0 Å². The molecule has 4 rings (SSSR count). The second-order valence-electron chi connectivity index (χ2n) is 6.63. The number of hydrogen-bond acceptors (Lipinski definition) is 5. The van der Waals surface area contributed by atoms with E-state index in [1.807, 2.05) is 0 Å². The van der Waals surface area contributed by atoms with Crippen LogP contribution in [-0.4, -0.2) is 38.9 Å². The molecule has 3 heterocycles. The number of pyridine rings is 1. The maximum absolute atomic E-state index is 13.8. The Balaban J connectivity index is 1.68.